The van der Waals surface area contributed by atoms with Crippen molar-refractivity contribution in [2.24, 2.45) is 0 Å². The fourth-order valence-corrected chi connectivity index (χ4v) is 7.32. The van der Waals surface area contributed by atoms with Crippen molar-refractivity contribution in [3.05, 3.63) is 150 Å². The summed E-state index contributed by atoms with van der Waals surface area (Å²) in [5.41, 5.74) is 7.78. The molecule has 3 aromatic heterocycles. The zero-order chi connectivity index (χ0) is 32.4. The van der Waals surface area contributed by atoms with Crippen molar-refractivity contribution < 1.29 is 0 Å². The SMILES string of the molecule is N#Cc1c(-c2ccccc2)c(C#N)c(-n2c3ccccc3c3c4ccccc4c4nc5ccccc5n4c32)c(C#N)c1-c1ccccc1. The van der Waals surface area contributed by atoms with Crippen LogP contribution in [0.2, 0.25) is 0 Å². The van der Waals surface area contributed by atoms with Gasteiger partial charge in [0.1, 0.15) is 29.5 Å². The molecule has 3 heterocycles. The van der Waals surface area contributed by atoms with Crippen LogP contribution in [-0.2, 0) is 0 Å². The minimum Gasteiger partial charge on any atom is -0.292 e. The molecule has 6 heteroatoms. The Morgan fingerprint density at radius 3 is 1.58 bits per heavy atom. The van der Waals surface area contributed by atoms with Crippen molar-refractivity contribution >= 4 is 49.4 Å². The maximum Gasteiger partial charge on any atom is 0.147 e. The highest BCUT2D eigenvalue weighted by Crippen LogP contribution is 2.46. The van der Waals surface area contributed by atoms with Gasteiger partial charge in [-0.25, -0.2) is 4.98 Å². The number of aromatic nitrogens is 3. The molecule has 9 rings (SSSR count). The first kappa shape index (κ1) is 27.1. The van der Waals surface area contributed by atoms with E-state index in [1.807, 2.05) is 115 Å². The van der Waals surface area contributed by atoms with Gasteiger partial charge in [0.2, 0.25) is 0 Å². The number of benzene rings is 6. The fourth-order valence-electron chi connectivity index (χ4n) is 7.32. The minimum atomic E-state index is 0.252. The van der Waals surface area contributed by atoms with E-state index < -0.39 is 0 Å². The number of fused-ring (bicyclic) bond motifs is 10. The van der Waals surface area contributed by atoms with Gasteiger partial charge in [0.05, 0.1) is 38.9 Å². The van der Waals surface area contributed by atoms with E-state index in [2.05, 4.69) is 45.4 Å². The van der Waals surface area contributed by atoms with E-state index in [9.17, 15) is 15.8 Å². The van der Waals surface area contributed by atoms with Crippen molar-refractivity contribution in [2.45, 2.75) is 0 Å². The van der Waals surface area contributed by atoms with Gasteiger partial charge in [0, 0.05) is 27.3 Å². The van der Waals surface area contributed by atoms with Gasteiger partial charge in [-0.3, -0.25) is 8.97 Å². The topological polar surface area (TPSA) is 93.6 Å². The predicted molar refractivity (Wildman–Crippen MR) is 190 cm³/mol. The Kier molecular flexibility index (Phi) is 5.90. The molecule has 0 saturated carbocycles. The monoisotopic (exact) mass is 610 g/mol. The molecule has 0 aliphatic carbocycles. The largest absolute Gasteiger partial charge is 0.292 e. The standard InChI is InChI=1S/C42H22N6/c43-23-31-37(26-13-3-1-4-14-26)32(24-44)40(33(25-45)38(31)27-15-5-2-6-16-27)47-35-21-11-9-19-30(35)39-28-17-7-8-18-29(28)41-46-34-20-10-12-22-36(34)48(41)42(39)47/h1-22H. The molecule has 0 aliphatic rings. The quantitative estimate of drug-likeness (QED) is 0.199. The number of rotatable bonds is 3. The van der Waals surface area contributed by atoms with Gasteiger partial charge in [-0.15, -0.1) is 0 Å². The van der Waals surface area contributed by atoms with Crippen molar-refractivity contribution in [1.29, 1.82) is 15.8 Å². The molecule has 220 valence electrons. The molecule has 9 aromatic rings. The third-order valence-electron chi connectivity index (χ3n) is 9.22. The molecule has 0 N–H and O–H groups in total. The Morgan fingerprint density at radius 1 is 0.479 bits per heavy atom. The molecule has 0 fully saturated rings. The summed E-state index contributed by atoms with van der Waals surface area (Å²) in [7, 11) is 0. The van der Waals surface area contributed by atoms with E-state index in [1.165, 1.54) is 0 Å². The normalized spacial score (nSPS) is 11.3. The highest BCUT2D eigenvalue weighted by molar-refractivity contribution is 6.24. The molecule has 6 nitrogen and oxygen atoms in total. The maximum absolute atomic E-state index is 11.1. The summed E-state index contributed by atoms with van der Waals surface area (Å²) in [5, 5.41) is 37.0. The molecule has 48 heavy (non-hydrogen) atoms. The Balaban J connectivity index is 1.63. The second kappa shape index (κ2) is 10.4. The summed E-state index contributed by atoms with van der Waals surface area (Å²) in [6.45, 7) is 0. The molecule has 0 radical (unpaired) electrons. The summed E-state index contributed by atoms with van der Waals surface area (Å²) in [6, 6.07) is 50.7. The van der Waals surface area contributed by atoms with E-state index in [0.717, 1.165) is 60.5 Å². The summed E-state index contributed by atoms with van der Waals surface area (Å²) in [6.07, 6.45) is 0. The van der Waals surface area contributed by atoms with Crippen LogP contribution in [0, 0.1) is 34.0 Å². The number of nitriles is 3. The highest BCUT2D eigenvalue weighted by Gasteiger charge is 2.30. The first-order valence-corrected chi connectivity index (χ1v) is 15.5. The third kappa shape index (κ3) is 3.62. The molecule has 0 aliphatic heterocycles. The van der Waals surface area contributed by atoms with Gasteiger partial charge in [0.15, 0.2) is 0 Å². The maximum atomic E-state index is 11.1. The Bertz CT molecular complexity index is 2830. The smallest absolute Gasteiger partial charge is 0.147 e. The lowest BCUT2D eigenvalue weighted by atomic mass is 9.84. The summed E-state index contributed by atoms with van der Waals surface area (Å²) < 4.78 is 4.20. The zero-order valence-electron chi connectivity index (χ0n) is 25.4. The van der Waals surface area contributed by atoms with Gasteiger partial charge in [-0.1, -0.05) is 115 Å². The lowest BCUT2D eigenvalue weighted by molar-refractivity contribution is 1.10. The van der Waals surface area contributed by atoms with E-state index in [-0.39, 0.29) is 16.7 Å². The van der Waals surface area contributed by atoms with Crippen LogP contribution in [0.5, 0.6) is 0 Å². The van der Waals surface area contributed by atoms with Crippen molar-refractivity contribution in [1.82, 2.24) is 14.0 Å². The molecular formula is C42H22N6. The zero-order valence-corrected chi connectivity index (χ0v) is 25.4. The van der Waals surface area contributed by atoms with Crippen LogP contribution >= 0.6 is 0 Å². The molecule has 0 saturated heterocycles. The predicted octanol–water partition coefficient (Wildman–Crippen LogP) is 9.69. The van der Waals surface area contributed by atoms with E-state index >= 15 is 0 Å². The first-order valence-electron chi connectivity index (χ1n) is 15.5. The second-order valence-electron chi connectivity index (χ2n) is 11.6. The molecule has 0 bridgehead atoms. The van der Waals surface area contributed by atoms with Gasteiger partial charge in [0.25, 0.3) is 0 Å². The van der Waals surface area contributed by atoms with Gasteiger partial charge in [-0.2, -0.15) is 15.8 Å². The van der Waals surface area contributed by atoms with Crippen molar-refractivity contribution in [3.8, 4) is 46.1 Å². The van der Waals surface area contributed by atoms with E-state index in [1.54, 1.807) is 0 Å². The van der Waals surface area contributed by atoms with Gasteiger partial charge in [-0.05, 0) is 34.7 Å². The summed E-state index contributed by atoms with van der Waals surface area (Å²) >= 11 is 0. The minimum absolute atomic E-state index is 0.252. The molecule has 0 unspecified atom stereocenters. The fraction of sp³-hybridized carbons (Fsp3) is 0. The average molecular weight is 611 g/mol. The third-order valence-corrected chi connectivity index (χ3v) is 9.22. The number of hydrogen-bond acceptors (Lipinski definition) is 4. The van der Waals surface area contributed by atoms with E-state index in [4.69, 9.17) is 4.98 Å². The average Bonchev–Trinajstić information content (AvgIpc) is 3.71. The van der Waals surface area contributed by atoms with E-state index in [0.29, 0.717) is 16.8 Å². The molecular weight excluding hydrogens is 589 g/mol. The van der Waals surface area contributed by atoms with Crippen LogP contribution in [0.25, 0.3) is 77.3 Å². The first-order chi connectivity index (χ1) is 23.7. The molecule has 6 aromatic carbocycles. The summed E-state index contributed by atoms with van der Waals surface area (Å²) in [4.78, 5) is 5.12. The Morgan fingerprint density at radius 2 is 0.979 bits per heavy atom. The lowest BCUT2D eigenvalue weighted by Crippen LogP contribution is -2.09. The lowest BCUT2D eigenvalue weighted by Gasteiger charge is -2.21. The summed E-state index contributed by atoms with van der Waals surface area (Å²) in [5.74, 6) is 0. The molecule has 0 spiro atoms. The molecule has 0 amide bonds. The van der Waals surface area contributed by atoms with Gasteiger partial charge < -0.3 is 0 Å². The van der Waals surface area contributed by atoms with Crippen LogP contribution in [0.15, 0.2) is 133 Å². The Labute approximate surface area is 274 Å². The number of para-hydroxylation sites is 3. The van der Waals surface area contributed by atoms with Gasteiger partial charge >= 0.3 is 0 Å². The number of pyridine rings is 1. The van der Waals surface area contributed by atoms with Crippen LogP contribution in [0.3, 0.4) is 0 Å². The number of hydrogen-bond donors (Lipinski definition) is 0. The Hall–Kier alpha value is -7.20. The van der Waals surface area contributed by atoms with Crippen molar-refractivity contribution in [3.63, 3.8) is 0 Å². The molecule has 0 atom stereocenters. The van der Waals surface area contributed by atoms with Crippen LogP contribution in [0.1, 0.15) is 16.7 Å². The number of nitrogens with zero attached hydrogens (tertiary/aromatic N) is 6. The van der Waals surface area contributed by atoms with Crippen LogP contribution < -0.4 is 0 Å². The van der Waals surface area contributed by atoms with Crippen molar-refractivity contribution in [2.75, 3.05) is 0 Å². The van der Waals surface area contributed by atoms with Crippen LogP contribution in [-0.4, -0.2) is 14.0 Å². The number of imidazole rings is 1. The van der Waals surface area contributed by atoms with Crippen LogP contribution in [0.4, 0.5) is 0 Å². The second-order valence-corrected chi connectivity index (χ2v) is 11.6. The highest BCUT2D eigenvalue weighted by atomic mass is 15.1.